The summed E-state index contributed by atoms with van der Waals surface area (Å²) in [5.41, 5.74) is 8.47. The number of piperazine rings is 1. The first-order valence-electron chi connectivity index (χ1n) is 6.74. The molecule has 2 fully saturated rings. The summed E-state index contributed by atoms with van der Waals surface area (Å²) in [4.78, 5) is 7.93. The van der Waals surface area contributed by atoms with Crippen molar-refractivity contribution in [3.8, 4) is 0 Å². The van der Waals surface area contributed by atoms with E-state index in [1.807, 2.05) is 0 Å². The van der Waals surface area contributed by atoms with Crippen LogP contribution in [-0.4, -0.2) is 55.6 Å². The van der Waals surface area contributed by atoms with Crippen LogP contribution in [0.1, 0.15) is 25.7 Å². The van der Waals surface area contributed by atoms with Gasteiger partial charge in [0, 0.05) is 43.7 Å². The van der Waals surface area contributed by atoms with Crippen molar-refractivity contribution in [3.63, 3.8) is 0 Å². The molecule has 1 aliphatic heterocycles. The Hall–Kier alpha value is -0.770. The van der Waals surface area contributed by atoms with Gasteiger partial charge in [0.05, 0.1) is 0 Å². The molecule has 17 heavy (non-hydrogen) atoms. The molecule has 5 nitrogen and oxygen atoms in total. The lowest BCUT2D eigenvalue weighted by Crippen LogP contribution is -2.52. The fraction of sp³-hybridized carbons (Fsp3) is 1.00. The second kappa shape index (κ2) is 6.24. The minimum Gasteiger partial charge on any atom is -0.304 e. The molecule has 1 saturated carbocycles. The first kappa shape index (κ1) is 12.7. The molecule has 1 heterocycles. The van der Waals surface area contributed by atoms with Crippen molar-refractivity contribution in [3.05, 3.63) is 10.4 Å². The van der Waals surface area contributed by atoms with Crippen LogP contribution in [0.4, 0.5) is 0 Å². The molecule has 0 amide bonds. The lowest BCUT2D eigenvalue weighted by molar-refractivity contribution is 0.0607. The fourth-order valence-corrected chi connectivity index (χ4v) is 3.18. The van der Waals surface area contributed by atoms with Crippen LogP contribution in [0.2, 0.25) is 0 Å². The smallest absolute Gasteiger partial charge is 0.0301 e. The molecule has 0 spiro atoms. The largest absolute Gasteiger partial charge is 0.304 e. The quantitative estimate of drug-likeness (QED) is 0.429. The third-order valence-corrected chi connectivity index (χ3v) is 4.26. The van der Waals surface area contributed by atoms with Gasteiger partial charge in [0.1, 0.15) is 0 Å². The Morgan fingerprint density at radius 1 is 1.18 bits per heavy atom. The number of hydrogen-bond donors (Lipinski definition) is 0. The minimum absolute atomic E-state index is 0.586. The Morgan fingerprint density at radius 2 is 1.88 bits per heavy atom. The van der Waals surface area contributed by atoms with E-state index in [0.717, 1.165) is 0 Å². The molecule has 2 rings (SSSR count). The third-order valence-electron chi connectivity index (χ3n) is 4.26. The lowest BCUT2D eigenvalue weighted by atomic mass is 9.83. The average molecular weight is 237 g/mol. The van der Waals surface area contributed by atoms with Crippen LogP contribution in [0.25, 0.3) is 10.4 Å². The van der Waals surface area contributed by atoms with Crippen LogP contribution >= 0.6 is 0 Å². The third kappa shape index (κ3) is 3.35. The van der Waals surface area contributed by atoms with Crippen molar-refractivity contribution in [2.24, 2.45) is 11.0 Å². The zero-order chi connectivity index (χ0) is 12.1. The highest BCUT2D eigenvalue weighted by molar-refractivity contribution is 4.87. The van der Waals surface area contributed by atoms with Gasteiger partial charge in [0.15, 0.2) is 0 Å². The van der Waals surface area contributed by atoms with Gasteiger partial charge < -0.3 is 4.90 Å². The molecule has 0 aromatic heterocycles. The molecule has 2 aliphatic rings. The van der Waals surface area contributed by atoms with Crippen LogP contribution in [0.3, 0.4) is 0 Å². The first-order valence-corrected chi connectivity index (χ1v) is 6.74. The summed E-state index contributed by atoms with van der Waals surface area (Å²) in [7, 11) is 2.19. The maximum absolute atomic E-state index is 8.47. The minimum atomic E-state index is 0.586. The van der Waals surface area contributed by atoms with Crippen LogP contribution in [-0.2, 0) is 0 Å². The summed E-state index contributed by atoms with van der Waals surface area (Å²) in [5.74, 6) is 0.586. The van der Waals surface area contributed by atoms with E-state index in [1.54, 1.807) is 0 Å². The van der Waals surface area contributed by atoms with E-state index in [9.17, 15) is 0 Å². The van der Waals surface area contributed by atoms with Crippen molar-refractivity contribution in [1.82, 2.24) is 9.80 Å². The molecule has 1 aliphatic carbocycles. The van der Waals surface area contributed by atoms with Gasteiger partial charge in [-0.1, -0.05) is 18.0 Å². The Morgan fingerprint density at radius 3 is 2.59 bits per heavy atom. The van der Waals surface area contributed by atoms with Gasteiger partial charge in [-0.25, -0.2) is 0 Å². The molecular weight excluding hydrogens is 214 g/mol. The SMILES string of the molecule is CN1CCN([C@H]2CCCC[C@H]2CN=[N+]=[N-])CC1. The predicted octanol–water partition coefficient (Wildman–Crippen LogP) is 2.10. The van der Waals surface area contributed by atoms with Crippen LogP contribution in [0.5, 0.6) is 0 Å². The summed E-state index contributed by atoms with van der Waals surface area (Å²) in [6, 6.07) is 0.656. The van der Waals surface area contributed by atoms with Crippen molar-refractivity contribution >= 4 is 0 Å². The van der Waals surface area contributed by atoms with E-state index in [0.29, 0.717) is 18.5 Å². The second-order valence-corrected chi connectivity index (χ2v) is 5.36. The van der Waals surface area contributed by atoms with Gasteiger partial charge in [0.2, 0.25) is 0 Å². The van der Waals surface area contributed by atoms with E-state index < -0.39 is 0 Å². The number of nitrogens with zero attached hydrogens (tertiary/aromatic N) is 5. The summed E-state index contributed by atoms with van der Waals surface area (Å²) < 4.78 is 0. The predicted molar refractivity (Wildman–Crippen MR) is 68.8 cm³/mol. The maximum Gasteiger partial charge on any atom is 0.0301 e. The molecule has 0 aromatic carbocycles. The van der Waals surface area contributed by atoms with E-state index in [2.05, 4.69) is 26.9 Å². The second-order valence-electron chi connectivity index (χ2n) is 5.36. The molecule has 96 valence electrons. The van der Waals surface area contributed by atoms with E-state index in [-0.39, 0.29) is 0 Å². The Kier molecular flexibility index (Phi) is 4.66. The molecule has 0 aromatic rings. The van der Waals surface area contributed by atoms with Crippen LogP contribution in [0, 0.1) is 5.92 Å². The molecule has 0 bridgehead atoms. The van der Waals surface area contributed by atoms with Gasteiger partial charge in [-0.2, -0.15) is 0 Å². The van der Waals surface area contributed by atoms with Crippen molar-refractivity contribution in [2.45, 2.75) is 31.7 Å². The highest BCUT2D eigenvalue weighted by Gasteiger charge is 2.30. The number of azide groups is 1. The van der Waals surface area contributed by atoms with Crippen molar-refractivity contribution in [2.75, 3.05) is 39.8 Å². The molecular formula is C12H23N5. The van der Waals surface area contributed by atoms with Crippen LogP contribution < -0.4 is 0 Å². The standard InChI is InChI=1S/C12H23N5/c1-16-6-8-17(9-7-16)12-5-3-2-4-11(12)10-14-15-13/h11-12H,2-10H2,1H3/t11-,12-/m0/s1. The van der Waals surface area contributed by atoms with Crippen molar-refractivity contribution in [1.29, 1.82) is 0 Å². The average Bonchev–Trinajstić information content (AvgIpc) is 2.38. The Balaban J connectivity index is 1.93. The molecule has 2 atom stereocenters. The zero-order valence-electron chi connectivity index (χ0n) is 10.8. The van der Waals surface area contributed by atoms with Gasteiger partial charge in [-0.3, -0.25) is 4.90 Å². The van der Waals surface area contributed by atoms with E-state index >= 15 is 0 Å². The van der Waals surface area contributed by atoms with Gasteiger partial charge >= 0.3 is 0 Å². The molecule has 0 unspecified atom stereocenters. The summed E-state index contributed by atoms with van der Waals surface area (Å²) in [6.45, 7) is 5.38. The molecule has 5 heteroatoms. The normalized spacial score (nSPS) is 32.1. The molecule has 1 saturated heterocycles. The number of likely N-dealkylation sites (N-methyl/N-ethyl adjacent to an activating group) is 1. The topological polar surface area (TPSA) is 55.2 Å². The monoisotopic (exact) mass is 237 g/mol. The molecule has 0 N–H and O–H groups in total. The van der Waals surface area contributed by atoms with Gasteiger partial charge in [0.25, 0.3) is 0 Å². The first-order chi connectivity index (χ1) is 8.31. The highest BCUT2D eigenvalue weighted by atomic mass is 15.3. The van der Waals surface area contributed by atoms with Crippen molar-refractivity contribution < 1.29 is 0 Å². The lowest BCUT2D eigenvalue weighted by Gasteiger charge is -2.43. The summed E-state index contributed by atoms with van der Waals surface area (Å²) >= 11 is 0. The maximum atomic E-state index is 8.47. The van der Waals surface area contributed by atoms with Gasteiger partial charge in [-0.15, -0.1) is 0 Å². The highest BCUT2D eigenvalue weighted by Crippen LogP contribution is 2.29. The summed E-state index contributed by atoms with van der Waals surface area (Å²) in [5, 5.41) is 3.80. The zero-order valence-corrected chi connectivity index (χ0v) is 10.8. The Labute approximate surface area is 103 Å². The Bertz CT molecular complexity index is 279. The number of hydrogen-bond acceptors (Lipinski definition) is 3. The van der Waals surface area contributed by atoms with E-state index in [1.165, 1.54) is 51.9 Å². The van der Waals surface area contributed by atoms with Gasteiger partial charge in [-0.05, 0) is 31.3 Å². The fourth-order valence-electron chi connectivity index (χ4n) is 3.18. The number of rotatable bonds is 3. The summed E-state index contributed by atoms with van der Waals surface area (Å²) in [6.07, 6.45) is 5.16. The van der Waals surface area contributed by atoms with E-state index in [4.69, 9.17) is 5.53 Å². The molecule has 0 radical (unpaired) electrons. The van der Waals surface area contributed by atoms with Crippen LogP contribution in [0.15, 0.2) is 5.11 Å².